The van der Waals surface area contributed by atoms with Gasteiger partial charge in [-0.05, 0) is 32.6 Å². The highest BCUT2D eigenvalue weighted by Crippen LogP contribution is 2.37. The van der Waals surface area contributed by atoms with E-state index in [0.717, 1.165) is 12.8 Å². The maximum absolute atomic E-state index is 12.2. The van der Waals surface area contributed by atoms with Crippen LogP contribution in [0.5, 0.6) is 0 Å². The summed E-state index contributed by atoms with van der Waals surface area (Å²) in [6, 6.07) is 0.323. The Hall–Kier alpha value is -0.820. The molecule has 1 N–H and O–H groups in total. The number of carbonyl (C=O) groups is 1. The van der Waals surface area contributed by atoms with Gasteiger partial charge in [0.1, 0.15) is 5.54 Å². The van der Waals surface area contributed by atoms with Crippen molar-refractivity contribution in [1.82, 2.24) is 5.32 Å². The van der Waals surface area contributed by atoms with Crippen molar-refractivity contribution in [2.24, 2.45) is 0 Å². The van der Waals surface area contributed by atoms with Crippen LogP contribution in [0.1, 0.15) is 45.4 Å². The topological polar surface area (TPSA) is 47.6 Å². The molecular formula is C14H22F3NO3. The minimum Gasteiger partial charge on any atom is -0.465 e. The van der Waals surface area contributed by atoms with Gasteiger partial charge in [-0.25, -0.2) is 0 Å². The molecule has 0 aromatic heterocycles. The lowest BCUT2D eigenvalue weighted by atomic mass is 9.97. The number of esters is 1. The van der Waals surface area contributed by atoms with Crippen molar-refractivity contribution in [3.05, 3.63) is 0 Å². The summed E-state index contributed by atoms with van der Waals surface area (Å²) in [6.45, 7) is 1.69. The van der Waals surface area contributed by atoms with Gasteiger partial charge in [-0.1, -0.05) is 0 Å². The molecule has 0 radical (unpaired) electrons. The van der Waals surface area contributed by atoms with Gasteiger partial charge in [0.2, 0.25) is 0 Å². The number of rotatable bonds is 7. The molecule has 0 aliphatic heterocycles. The van der Waals surface area contributed by atoms with Gasteiger partial charge in [0.05, 0.1) is 25.7 Å². The van der Waals surface area contributed by atoms with E-state index in [0.29, 0.717) is 31.9 Å². The van der Waals surface area contributed by atoms with Gasteiger partial charge in [0.15, 0.2) is 0 Å². The lowest BCUT2D eigenvalue weighted by molar-refractivity contribution is -0.154. The van der Waals surface area contributed by atoms with E-state index in [4.69, 9.17) is 9.47 Å². The van der Waals surface area contributed by atoms with E-state index in [1.165, 1.54) is 0 Å². The van der Waals surface area contributed by atoms with E-state index in [2.05, 4.69) is 5.32 Å². The van der Waals surface area contributed by atoms with Crippen molar-refractivity contribution in [2.45, 2.75) is 69.3 Å². The second-order valence-electron chi connectivity index (χ2n) is 5.82. The summed E-state index contributed by atoms with van der Waals surface area (Å²) in [5.74, 6) is -0.307. The summed E-state index contributed by atoms with van der Waals surface area (Å²) in [7, 11) is 0. The van der Waals surface area contributed by atoms with E-state index in [9.17, 15) is 18.0 Å². The molecule has 2 unspecified atom stereocenters. The van der Waals surface area contributed by atoms with E-state index in [-0.39, 0.29) is 18.7 Å². The zero-order valence-electron chi connectivity index (χ0n) is 12.2. The summed E-state index contributed by atoms with van der Waals surface area (Å²) < 4.78 is 46.8. The standard InChI is InChI=1S/C14H22F3NO3/c1-2-20-12(19)13(18-10-3-4-10)6-5-11(9-13)21-8-7-14(15,16)17/h10-11,18H,2-9H2,1H3. The van der Waals surface area contributed by atoms with Gasteiger partial charge in [0.25, 0.3) is 0 Å². The van der Waals surface area contributed by atoms with Crippen molar-refractivity contribution in [2.75, 3.05) is 13.2 Å². The van der Waals surface area contributed by atoms with Crippen LogP contribution in [0.2, 0.25) is 0 Å². The fourth-order valence-corrected chi connectivity index (χ4v) is 2.75. The molecule has 2 fully saturated rings. The van der Waals surface area contributed by atoms with Crippen molar-refractivity contribution < 1.29 is 27.4 Å². The van der Waals surface area contributed by atoms with Gasteiger partial charge in [-0.3, -0.25) is 10.1 Å². The molecule has 2 atom stereocenters. The second-order valence-corrected chi connectivity index (χ2v) is 5.82. The molecule has 0 heterocycles. The fraction of sp³-hybridized carbons (Fsp3) is 0.929. The molecule has 0 amide bonds. The minimum absolute atomic E-state index is 0.298. The molecule has 7 heteroatoms. The van der Waals surface area contributed by atoms with Gasteiger partial charge >= 0.3 is 12.1 Å². The first-order valence-electron chi connectivity index (χ1n) is 7.48. The molecule has 0 aromatic rings. The Labute approximate surface area is 122 Å². The second kappa shape index (κ2) is 6.52. The van der Waals surface area contributed by atoms with Crippen molar-refractivity contribution in [3.8, 4) is 0 Å². The van der Waals surface area contributed by atoms with Crippen LogP contribution >= 0.6 is 0 Å². The minimum atomic E-state index is -4.21. The Morgan fingerprint density at radius 1 is 1.33 bits per heavy atom. The van der Waals surface area contributed by atoms with E-state index in [1.807, 2.05) is 0 Å². The maximum atomic E-state index is 12.2. The number of carbonyl (C=O) groups excluding carboxylic acids is 1. The van der Waals surface area contributed by atoms with Gasteiger partial charge in [0, 0.05) is 12.5 Å². The Bertz CT molecular complexity index is 371. The van der Waals surface area contributed by atoms with Crippen LogP contribution in [0.3, 0.4) is 0 Å². The Morgan fingerprint density at radius 2 is 2.05 bits per heavy atom. The summed E-state index contributed by atoms with van der Waals surface area (Å²) in [5.41, 5.74) is -0.778. The van der Waals surface area contributed by atoms with Crippen LogP contribution in [0.25, 0.3) is 0 Å². The quantitative estimate of drug-likeness (QED) is 0.734. The zero-order chi connectivity index (χ0) is 15.5. The molecule has 2 aliphatic rings. The van der Waals surface area contributed by atoms with Crippen molar-refractivity contribution in [3.63, 3.8) is 0 Å². The number of alkyl halides is 3. The number of ether oxygens (including phenoxy) is 2. The smallest absolute Gasteiger partial charge is 0.391 e. The van der Waals surface area contributed by atoms with Crippen LogP contribution in [0.4, 0.5) is 13.2 Å². The molecule has 0 saturated heterocycles. The molecule has 0 bridgehead atoms. The highest BCUT2D eigenvalue weighted by molar-refractivity contribution is 5.81. The highest BCUT2D eigenvalue weighted by Gasteiger charge is 2.49. The molecule has 122 valence electrons. The van der Waals surface area contributed by atoms with E-state index >= 15 is 0 Å². The maximum Gasteiger partial charge on any atom is 0.391 e. The normalized spacial score (nSPS) is 29.6. The third-order valence-electron chi connectivity index (χ3n) is 3.93. The molecule has 0 spiro atoms. The van der Waals surface area contributed by atoms with Crippen molar-refractivity contribution >= 4 is 5.97 Å². The third kappa shape index (κ3) is 4.85. The number of hydrogen-bond acceptors (Lipinski definition) is 4. The zero-order valence-corrected chi connectivity index (χ0v) is 12.2. The molecule has 4 nitrogen and oxygen atoms in total. The monoisotopic (exact) mass is 309 g/mol. The van der Waals surface area contributed by atoms with Crippen LogP contribution < -0.4 is 5.32 Å². The Kier molecular flexibility index (Phi) is 5.14. The molecule has 2 aliphatic carbocycles. The average Bonchev–Trinajstić information content (AvgIpc) is 3.08. The molecule has 2 rings (SSSR count). The fourth-order valence-electron chi connectivity index (χ4n) is 2.75. The molecule has 0 aromatic carbocycles. The molecular weight excluding hydrogens is 287 g/mol. The van der Waals surface area contributed by atoms with Gasteiger partial charge in [-0.15, -0.1) is 0 Å². The first kappa shape index (κ1) is 16.5. The lowest BCUT2D eigenvalue weighted by Crippen LogP contribution is -2.52. The molecule has 2 saturated carbocycles. The lowest BCUT2D eigenvalue weighted by Gasteiger charge is -2.28. The SMILES string of the molecule is CCOC(=O)C1(NC2CC2)CCC(OCCC(F)(F)F)C1. The average molecular weight is 309 g/mol. The van der Waals surface area contributed by atoms with Crippen LogP contribution in [-0.2, 0) is 14.3 Å². The third-order valence-corrected chi connectivity index (χ3v) is 3.93. The Morgan fingerprint density at radius 3 is 2.62 bits per heavy atom. The predicted octanol–water partition coefficient (Wildman–Crippen LogP) is 2.56. The first-order valence-corrected chi connectivity index (χ1v) is 7.48. The van der Waals surface area contributed by atoms with Crippen LogP contribution in [0, 0.1) is 0 Å². The van der Waals surface area contributed by atoms with Crippen molar-refractivity contribution in [1.29, 1.82) is 0 Å². The number of hydrogen-bond donors (Lipinski definition) is 1. The summed E-state index contributed by atoms with van der Waals surface area (Å²) >= 11 is 0. The number of nitrogens with one attached hydrogen (secondary N) is 1. The largest absolute Gasteiger partial charge is 0.465 e. The van der Waals surface area contributed by atoms with Crippen LogP contribution in [-0.4, -0.2) is 43.0 Å². The van der Waals surface area contributed by atoms with E-state index in [1.54, 1.807) is 6.92 Å². The number of halogens is 3. The van der Waals surface area contributed by atoms with Gasteiger partial charge in [-0.2, -0.15) is 13.2 Å². The highest BCUT2D eigenvalue weighted by atomic mass is 19.4. The first-order chi connectivity index (χ1) is 9.85. The van der Waals surface area contributed by atoms with Gasteiger partial charge < -0.3 is 9.47 Å². The van der Waals surface area contributed by atoms with Crippen LogP contribution in [0.15, 0.2) is 0 Å². The molecule has 21 heavy (non-hydrogen) atoms. The predicted molar refractivity (Wildman–Crippen MR) is 69.8 cm³/mol. The summed E-state index contributed by atoms with van der Waals surface area (Å²) in [5, 5.41) is 3.31. The van der Waals surface area contributed by atoms with E-state index < -0.39 is 18.1 Å². The summed E-state index contributed by atoms with van der Waals surface area (Å²) in [4.78, 5) is 12.2. The Balaban J connectivity index is 1.86. The summed E-state index contributed by atoms with van der Waals surface area (Å²) in [6.07, 6.45) is -1.89.